The molecule has 1 aliphatic heterocycles. The summed E-state index contributed by atoms with van der Waals surface area (Å²) in [4.78, 5) is 13.9. The Morgan fingerprint density at radius 2 is 1.41 bits per heavy atom. The van der Waals surface area contributed by atoms with E-state index in [9.17, 15) is 0 Å². The van der Waals surface area contributed by atoms with Gasteiger partial charge >= 0.3 is 0 Å². The van der Waals surface area contributed by atoms with Crippen LogP contribution < -0.4 is 4.90 Å². The van der Waals surface area contributed by atoms with E-state index in [0.29, 0.717) is 12.0 Å². The van der Waals surface area contributed by atoms with Crippen molar-refractivity contribution in [1.29, 1.82) is 0 Å². The molecule has 2 aromatic heterocycles. The molecule has 3 heterocycles. The predicted octanol–water partition coefficient (Wildman–Crippen LogP) is 12.9. The number of aromatic nitrogens is 3. The number of rotatable bonds is 6. The zero-order chi connectivity index (χ0) is 37.0. The molecule has 0 fully saturated rings. The molecule has 3 atom stereocenters. The Hall–Kier alpha value is -6.52. The van der Waals surface area contributed by atoms with Gasteiger partial charge in [-0.3, -0.25) is 0 Å². The van der Waals surface area contributed by atoms with Crippen molar-refractivity contribution in [2.75, 3.05) is 4.90 Å². The summed E-state index contributed by atoms with van der Waals surface area (Å²) >= 11 is 0. The van der Waals surface area contributed by atoms with Gasteiger partial charge in [0.1, 0.15) is 0 Å². The van der Waals surface area contributed by atoms with E-state index in [0.717, 1.165) is 77.3 Å². The van der Waals surface area contributed by atoms with Crippen LogP contribution in [-0.4, -0.2) is 20.6 Å². The van der Waals surface area contributed by atoms with E-state index in [-0.39, 0.29) is 5.92 Å². The standard InChI is InChI=1S/C52H42N4/c1-4-18-35(19-5-1)49-50(36-20-6-2-7-21-36)53-52(54-51(49)37-22-8-3-9-23-37)38-32-39(55-45-28-14-10-24-41(45)42-25-11-15-29-46(42)55)34-40(33-38)56-47-30-16-12-26-43(47)44-27-13-17-31-48(44)56/h1-12,14,16-22,24-26,28,30-34,37,42,46H,13,15,23,27,29H2. The SMILES string of the molecule is C1=CCC(c2nc(-c3cc(N4c5ccccc5C5C=CCCC54)cc(-n4c5c(c6ccccc64)CCC=C5)c3)nc(-c3ccccc3)c2-c2ccccc2)C=C1. The maximum absolute atomic E-state index is 5.65. The van der Waals surface area contributed by atoms with E-state index in [1.807, 2.05) is 0 Å². The van der Waals surface area contributed by atoms with Gasteiger partial charge < -0.3 is 9.47 Å². The fourth-order valence-electron chi connectivity index (χ4n) is 9.73. The van der Waals surface area contributed by atoms with Gasteiger partial charge in [0, 0.05) is 62.7 Å². The van der Waals surface area contributed by atoms with Gasteiger partial charge in [0.15, 0.2) is 5.82 Å². The Kier molecular flexibility index (Phi) is 8.01. The molecular formula is C52H42N4. The average molecular weight is 723 g/mol. The maximum atomic E-state index is 5.65. The molecule has 0 saturated carbocycles. The minimum atomic E-state index is 0.118. The maximum Gasteiger partial charge on any atom is 0.160 e. The first-order valence-electron chi connectivity index (χ1n) is 20.2. The molecule has 11 rings (SSSR count). The lowest BCUT2D eigenvalue weighted by molar-refractivity contribution is 0.565. The first-order chi connectivity index (χ1) is 27.8. The molecule has 4 aliphatic rings. The Bertz CT molecular complexity index is 2750. The van der Waals surface area contributed by atoms with Gasteiger partial charge in [0.05, 0.1) is 16.9 Å². The highest BCUT2D eigenvalue weighted by Crippen LogP contribution is 2.50. The van der Waals surface area contributed by atoms with Crippen LogP contribution in [-0.2, 0) is 6.42 Å². The highest BCUT2D eigenvalue weighted by molar-refractivity contribution is 5.92. The van der Waals surface area contributed by atoms with Gasteiger partial charge in [-0.2, -0.15) is 0 Å². The van der Waals surface area contributed by atoms with Crippen LogP contribution in [0.2, 0.25) is 0 Å². The fraction of sp³-hybridized carbons (Fsp3) is 0.154. The molecule has 0 radical (unpaired) electrons. The third kappa shape index (κ3) is 5.43. The first kappa shape index (κ1) is 32.9. The molecule has 7 aromatic rings. The van der Waals surface area contributed by atoms with Crippen LogP contribution in [0.1, 0.15) is 60.0 Å². The van der Waals surface area contributed by atoms with Crippen molar-refractivity contribution in [3.05, 3.63) is 192 Å². The molecule has 4 nitrogen and oxygen atoms in total. The lowest BCUT2D eigenvalue weighted by Crippen LogP contribution is -2.31. The number of hydrogen-bond acceptors (Lipinski definition) is 3. The van der Waals surface area contributed by atoms with Crippen molar-refractivity contribution in [3.63, 3.8) is 0 Å². The molecule has 0 spiro atoms. The summed E-state index contributed by atoms with van der Waals surface area (Å²) in [5.74, 6) is 1.23. The lowest BCUT2D eigenvalue weighted by Gasteiger charge is -2.32. The van der Waals surface area contributed by atoms with Crippen LogP contribution in [0.15, 0.2) is 170 Å². The van der Waals surface area contributed by atoms with Crippen LogP contribution in [0, 0.1) is 0 Å². The summed E-state index contributed by atoms with van der Waals surface area (Å²) in [6.45, 7) is 0. The Morgan fingerprint density at radius 1 is 0.625 bits per heavy atom. The number of anilines is 2. The molecule has 4 heteroatoms. The fourth-order valence-corrected chi connectivity index (χ4v) is 9.73. The number of allylic oxidation sites excluding steroid dienone is 6. The van der Waals surface area contributed by atoms with Gasteiger partial charge in [-0.25, -0.2) is 9.97 Å². The molecule has 0 amide bonds. The summed E-state index contributed by atoms with van der Waals surface area (Å²) in [6.07, 6.45) is 23.5. The summed E-state index contributed by atoms with van der Waals surface area (Å²) in [6, 6.07) is 46.8. The second kappa shape index (κ2) is 13.6. The van der Waals surface area contributed by atoms with Crippen molar-refractivity contribution < 1.29 is 0 Å². The summed E-state index contributed by atoms with van der Waals surface area (Å²) in [5.41, 5.74) is 15.3. The summed E-state index contributed by atoms with van der Waals surface area (Å²) < 4.78 is 2.49. The topological polar surface area (TPSA) is 34.0 Å². The van der Waals surface area contributed by atoms with E-state index in [1.165, 1.54) is 39.1 Å². The molecule has 56 heavy (non-hydrogen) atoms. The van der Waals surface area contributed by atoms with E-state index in [4.69, 9.17) is 9.97 Å². The second-order valence-corrected chi connectivity index (χ2v) is 15.5. The van der Waals surface area contributed by atoms with Crippen LogP contribution in [0.25, 0.3) is 56.4 Å². The smallest absolute Gasteiger partial charge is 0.160 e. The third-order valence-corrected chi connectivity index (χ3v) is 12.2. The summed E-state index contributed by atoms with van der Waals surface area (Å²) in [7, 11) is 0. The number of aryl methyl sites for hydroxylation is 1. The molecule has 0 saturated heterocycles. The van der Waals surface area contributed by atoms with Gasteiger partial charge in [-0.1, -0.05) is 140 Å². The van der Waals surface area contributed by atoms with Crippen molar-refractivity contribution in [2.45, 2.75) is 50.0 Å². The summed E-state index contributed by atoms with van der Waals surface area (Å²) in [5, 5.41) is 1.33. The van der Waals surface area contributed by atoms with Crippen LogP contribution >= 0.6 is 0 Å². The van der Waals surface area contributed by atoms with Gasteiger partial charge in [0.25, 0.3) is 0 Å². The quantitative estimate of drug-likeness (QED) is 0.160. The third-order valence-electron chi connectivity index (χ3n) is 12.2. The second-order valence-electron chi connectivity index (χ2n) is 15.5. The minimum Gasteiger partial charge on any atom is -0.337 e. The first-order valence-corrected chi connectivity index (χ1v) is 20.2. The lowest BCUT2D eigenvalue weighted by atomic mass is 9.87. The largest absolute Gasteiger partial charge is 0.337 e. The molecule has 3 aliphatic carbocycles. The Balaban J connectivity index is 1.20. The number of fused-ring (bicyclic) bond motifs is 6. The zero-order valence-electron chi connectivity index (χ0n) is 31.3. The predicted molar refractivity (Wildman–Crippen MR) is 232 cm³/mol. The van der Waals surface area contributed by atoms with E-state index >= 15 is 0 Å². The van der Waals surface area contributed by atoms with E-state index in [2.05, 4.69) is 185 Å². The molecule has 3 unspecified atom stereocenters. The van der Waals surface area contributed by atoms with Crippen LogP contribution in [0.3, 0.4) is 0 Å². The van der Waals surface area contributed by atoms with Crippen molar-refractivity contribution >= 4 is 28.4 Å². The minimum absolute atomic E-state index is 0.118. The number of nitrogens with zero attached hydrogens (tertiary/aromatic N) is 4. The Labute approximate surface area is 328 Å². The highest BCUT2D eigenvalue weighted by atomic mass is 15.2. The molecule has 270 valence electrons. The number of hydrogen-bond donors (Lipinski definition) is 0. The van der Waals surface area contributed by atoms with Crippen LogP contribution in [0.5, 0.6) is 0 Å². The molecular weight excluding hydrogens is 681 g/mol. The normalized spacial score (nSPS) is 19.3. The Morgan fingerprint density at radius 3 is 2.27 bits per heavy atom. The van der Waals surface area contributed by atoms with Gasteiger partial charge in [-0.05, 0) is 85.2 Å². The van der Waals surface area contributed by atoms with Crippen molar-refractivity contribution in [3.8, 4) is 39.5 Å². The van der Waals surface area contributed by atoms with Gasteiger partial charge in [0.2, 0.25) is 0 Å². The van der Waals surface area contributed by atoms with Crippen molar-refractivity contribution in [2.24, 2.45) is 0 Å². The number of para-hydroxylation sites is 2. The van der Waals surface area contributed by atoms with Gasteiger partial charge in [-0.15, -0.1) is 0 Å². The average Bonchev–Trinajstić information content (AvgIpc) is 3.80. The van der Waals surface area contributed by atoms with E-state index in [1.54, 1.807) is 0 Å². The monoisotopic (exact) mass is 722 g/mol. The van der Waals surface area contributed by atoms with Crippen LogP contribution in [0.4, 0.5) is 11.4 Å². The van der Waals surface area contributed by atoms with E-state index < -0.39 is 0 Å². The molecule has 5 aromatic carbocycles. The highest BCUT2D eigenvalue weighted by Gasteiger charge is 2.39. The zero-order valence-corrected chi connectivity index (χ0v) is 31.3. The molecule has 0 N–H and O–H groups in total. The molecule has 0 bridgehead atoms. The number of benzene rings is 5. The van der Waals surface area contributed by atoms with Crippen molar-refractivity contribution in [1.82, 2.24) is 14.5 Å².